The second-order valence-electron chi connectivity index (χ2n) is 6.68. The molecular weight excluding hydrogens is 360 g/mol. The zero-order valence-corrected chi connectivity index (χ0v) is 16.7. The van der Waals surface area contributed by atoms with Crippen LogP contribution in [-0.2, 0) is 0 Å². The number of urea groups is 1. The van der Waals surface area contributed by atoms with Crippen LogP contribution in [0.2, 0.25) is 0 Å². The molecule has 2 amide bonds. The van der Waals surface area contributed by atoms with E-state index in [0.717, 1.165) is 25.9 Å². The van der Waals surface area contributed by atoms with Crippen LogP contribution < -0.4 is 29.9 Å². The normalized spacial score (nSPS) is 13.2. The first-order valence-corrected chi connectivity index (χ1v) is 9.10. The molecule has 2 heterocycles. The molecule has 28 heavy (non-hydrogen) atoms. The summed E-state index contributed by atoms with van der Waals surface area (Å²) in [6.45, 7) is 1.91. The average Bonchev–Trinajstić information content (AvgIpc) is 3.22. The van der Waals surface area contributed by atoms with Gasteiger partial charge in [0.25, 0.3) is 0 Å². The lowest BCUT2D eigenvalue weighted by molar-refractivity contribution is 0.262. The summed E-state index contributed by atoms with van der Waals surface area (Å²) < 4.78 is 10.5. The van der Waals surface area contributed by atoms with Crippen LogP contribution >= 0.6 is 0 Å². The van der Waals surface area contributed by atoms with E-state index < -0.39 is 6.03 Å². The molecule has 0 saturated carbocycles. The van der Waals surface area contributed by atoms with Gasteiger partial charge in [0, 0.05) is 51.1 Å². The number of anilines is 4. The first kappa shape index (κ1) is 19.5. The molecule has 0 bridgehead atoms. The van der Waals surface area contributed by atoms with Crippen molar-refractivity contribution in [2.75, 3.05) is 61.8 Å². The number of hydrogen-bond acceptors (Lipinski definition) is 7. The smallest absolute Gasteiger partial charge is 0.323 e. The van der Waals surface area contributed by atoms with Crippen LogP contribution in [0.5, 0.6) is 11.5 Å². The van der Waals surface area contributed by atoms with Crippen molar-refractivity contribution in [3.8, 4) is 11.5 Å². The topological polar surface area (TPSA) is 91.8 Å². The van der Waals surface area contributed by atoms with Crippen molar-refractivity contribution in [1.82, 2.24) is 9.97 Å². The molecule has 3 rings (SSSR count). The lowest BCUT2D eigenvalue weighted by atomic mass is 10.3. The lowest BCUT2D eigenvalue weighted by Crippen LogP contribution is -2.25. The number of carbonyl (C=O) groups is 1. The Morgan fingerprint density at radius 2 is 1.71 bits per heavy atom. The van der Waals surface area contributed by atoms with E-state index in [1.165, 1.54) is 0 Å². The number of hydrogen-bond donors (Lipinski definition) is 2. The summed E-state index contributed by atoms with van der Waals surface area (Å²) in [4.78, 5) is 25.6. The summed E-state index contributed by atoms with van der Waals surface area (Å²) >= 11 is 0. The Morgan fingerprint density at radius 3 is 2.29 bits per heavy atom. The lowest BCUT2D eigenvalue weighted by Gasteiger charge is -2.21. The van der Waals surface area contributed by atoms with Gasteiger partial charge in [0.05, 0.1) is 20.4 Å². The van der Waals surface area contributed by atoms with Crippen LogP contribution in [0.3, 0.4) is 0 Å². The van der Waals surface area contributed by atoms with E-state index in [-0.39, 0.29) is 0 Å². The standard InChI is InChI=1S/C19H26N6O3/c1-24(2)17-16(12-20-18(23-17)25-7-5-6-8-25)22-19(26)21-13-9-14(27-3)11-15(10-13)28-4/h9-12H,5-8H2,1-4H3,(H2,21,22,26). The van der Waals surface area contributed by atoms with Gasteiger partial charge in [-0.15, -0.1) is 0 Å². The number of nitrogens with zero attached hydrogens (tertiary/aromatic N) is 4. The molecule has 0 aliphatic carbocycles. The number of aromatic nitrogens is 2. The summed E-state index contributed by atoms with van der Waals surface area (Å²) in [5.41, 5.74) is 1.08. The van der Waals surface area contributed by atoms with Crippen molar-refractivity contribution >= 4 is 29.2 Å². The fraction of sp³-hybridized carbons (Fsp3) is 0.421. The molecule has 9 nitrogen and oxygen atoms in total. The summed E-state index contributed by atoms with van der Waals surface area (Å²) in [5, 5.41) is 5.60. The van der Waals surface area contributed by atoms with Crippen molar-refractivity contribution < 1.29 is 14.3 Å². The van der Waals surface area contributed by atoms with Crippen molar-refractivity contribution in [1.29, 1.82) is 0 Å². The largest absolute Gasteiger partial charge is 0.497 e. The van der Waals surface area contributed by atoms with Gasteiger partial charge in [-0.05, 0) is 12.8 Å². The number of methoxy groups -OCH3 is 2. The Hall–Kier alpha value is -3.23. The summed E-state index contributed by atoms with van der Waals surface area (Å²) in [6.07, 6.45) is 3.93. The van der Waals surface area contributed by atoms with Crippen LogP contribution in [0.4, 0.5) is 27.9 Å². The van der Waals surface area contributed by atoms with Crippen molar-refractivity contribution in [3.63, 3.8) is 0 Å². The van der Waals surface area contributed by atoms with Crippen LogP contribution in [0.25, 0.3) is 0 Å². The van der Waals surface area contributed by atoms with Crippen molar-refractivity contribution in [2.24, 2.45) is 0 Å². The molecule has 0 atom stereocenters. The highest BCUT2D eigenvalue weighted by atomic mass is 16.5. The highest BCUT2D eigenvalue weighted by molar-refractivity contribution is 6.01. The third kappa shape index (κ3) is 4.54. The number of amides is 2. The molecule has 1 saturated heterocycles. The third-order valence-corrected chi connectivity index (χ3v) is 4.43. The monoisotopic (exact) mass is 386 g/mol. The SMILES string of the molecule is COc1cc(NC(=O)Nc2cnc(N3CCCC3)nc2N(C)C)cc(OC)c1. The van der Waals surface area contributed by atoms with Gasteiger partial charge >= 0.3 is 6.03 Å². The van der Waals surface area contributed by atoms with E-state index >= 15 is 0 Å². The van der Waals surface area contributed by atoms with Gasteiger partial charge in [-0.2, -0.15) is 4.98 Å². The van der Waals surface area contributed by atoms with Crippen LogP contribution in [-0.4, -0.2) is 57.4 Å². The van der Waals surface area contributed by atoms with Crippen LogP contribution in [0, 0.1) is 0 Å². The molecule has 2 aromatic rings. The second kappa shape index (κ2) is 8.64. The van der Waals surface area contributed by atoms with E-state index in [4.69, 9.17) is 9.47 Å². The molecule has 1 aromatic heterocycles. The molecule has 1 aliphatic rings. The van der Waals surface area contributed by atoms with Gasteiger partial charge in [0.1, 0.15) is 17.2 Å². The fourth-order valence-corrected chi connectivity index (χ4v) is 3.03. The summed E-state index contributed by atoms with van der Waals surface area (Å²) in [7, 11) is 6.88. The minimum atomic E-state index is -0.407. The Bertz CT molecular complexity index is 814. The molecule has 1 aromatic carbocycles. The quantitative estimate of drug-likeness (QED) is 0.789. The number of benzene rings is 1. The van der Waals surface area contributed by atoms with Gasteiger partial charge in [0.15, 0.2) is 5.82 Å². The van der Waals surface area contributed by atoms with E-state index in [0.29, 0.717) is 34.6 Å². The average molecular weight is 386 g/mol. The molecule has 0 unspecified atom stereocenters. The van der Waals surface area contributed by atoms with Gasteiger partial charge in [0.2, 0.25) is 5.95 Å². The van der Waals surface area contributed by atoms with Gasteiger partial charge < -0.3 is 29.9 Å². The Labute approximate surface area is 164 Å². The van der Waals surface area contributed by atoms with Crippen molar-refractivity contribution in [2.45, 2.75) is 12.8 Å². The zero-order chi connectivity index (χ0) is 20.1. The van der Waals surface area contributed by atoms with E-state index in [1.54, 1.807) is 38.6 Å². The maximum Gasteiger partial charge on any atom is 0.323 e. The van der Waals surface area contributed by atoms with Crippen molar-refractivity contribution in [3.05, 3.63) is 24.4 Å². The van der Waals surface area contributed by atoms with Gasteiger partial charge in [-0.1, -0.05) is 0 Å². The summed E-state index contributed by atoms with van der Waals surface area (Å²) in [6, 6.07) is 4.75. The number of nitrogens with one attached hydrogen (secondary N) is 2. The second-order valence-corrected chi connectivity index (χ2v) is 6.68. The van der Waals surface area contributed by atoms with Crippen LogP contribution in [0.1, 0.15) is 12.8 Å². The Balaban J connectivity index is 1.76. The molecule has 1 aliphatic heterocycles. The molecular formula is C19H26N6O3. The molecule has 9 heteroatoms. The highest BCUT2D eigenvalue weighted by Gasteiger charge is 2.18. The van der Waals surface area contributed by atoms with E-state index in [9.17, 15) is 4.79 Å². The maximum absolute atomic E-state index is 12.5. The minimum Gasteiger partial charge on any atom is -0.497 e. The number of rotatable bonds is 6. The minimum absolute atomic E-state index is 0.407. The molecule has 0 radical (unpaired) electrons. The molecule has 2 N–H and O–H groups in total. The molecule has 0 spiro atoms. The maximum atomic E-state index is 12.5. The predicted molar refractivity (Wildman–Crippen MR) is 110 cm³/mol. The summed E-state index contributed by atoms with van der Waals surface area (Å²) in [5.74, 6) is 2.50. The Kier molecular flexibility index (Phi) is 6.03. The fourth-order valence-electron chi connectivity index (χ4n) is 3.03. The number of carbonyl (C=O) groups excluding carboxylic acids is 1. The molecule has 1 fully saturated rings. The first-order valence-electron chi connectivity index (χ1n) is 9.10. The Morgan fingerprint density at radius 1 is 1.07 bits per heavy atom. The van der Waals surface area contributed by atoms with Crippen LogP contribution in [0.15, 0.2) is 24.4 Å². The van der Waals surface area contributed by atoms with Gasteiger partial charge in [-0.3, -0.25) is 0 Å². The zero-order valence-electron chi connectivity index (χ0n) is 16.7. The van der Waals surface area contributed by atoms with Gasteiger partial charge in [-0.25, -0.2) is 9.78 Å². The van der Waals surface area contributed by atoms with E-state index in [1.807, 2.05) is 19.0 Å². The third-order valence-electron chi connectivity index (χ3n) is 4.43. The first-order chi connectivity index (χ1) is 13.5. The van der Waals surface area contributed by atoms with E-state index in [2.05, 4.69) is 25.5 Å². The predicted octanol–water partition coefficient (Wildman–Crippen LogP) is 2.80. The number of ether oxygens (including phenoxy) is 2. The molecule has 150 valence electrons. The highest BCUT2D eigenvalue weighted by Crippen LogP contribution is 2.27.